The van der Waals surface area contributed by atoms with Crippen molar-refractivity contribution in [2.24, 2.45) is 5.92 Å². The molecule has 1 N–H and O–H groups in total. The van der Waals surface area contributed by atoms with E-state index in [1.165, 1.54) is 45.1 Å². The van der Waals surface area contributed by atoms with E-state index in [0.29, 0.717) is 5.92 Å². The molecule has 0 aromatic rings. The minimum absolute atomic E-state index is 0.00978. The van der Waals surface area contributed by atoms with Gasteiger partial charge in [0.05, 0.1) is 6.10 Å². The molecule has 0 radical (unpaired) electrons. The minimum atomic E-state index is -0.00978. The Kier molecular flexibility index (Phi) is 4.04. The van der Waals surface area contributed by atoms with E-state index in [9.17, 15) is 5.11 Å². The number of hydrogen-bond donors (Lipinski definition) is 1. The van der Waals surface area contributed by atoms with Crippen LogP contribution in [0.1, 0.15) is 51.9 Å². The molecule has 0 amide bonds. The summed E-state index contributed by atoms with van der Waals surface area (Å²) in [5, 5.41) is 9.85. The molecule has 0 aromatic heterocycles. The lowest BCUT2D eigenvalue weighted by Crippen LogP contribution is -2.43. The van der Waals surface area contributed by atoms with Crippen LogP contribution in [-0.4, -0.2) is 35.2 Å². The maximum Gasteiger partial charge on any atom is 0.0580 e. The summed E-state index contributed by atoms with van der Waals surface area (Å²) in [5.41, 5.74) is 0. The van der Waals surface area contributed by atoms with Crippen LogP contribution >= 0.6 is 0 Å². The first-order valence-corrected chi connectivity index (χ1v) is 6.73. The van der Waals surface area contributed by atoms with E-state index in [1.807, 2.05) is 0 Å². The predicted octanol–water partition coefficient (Wildman–Crippen LogP) is 2.41. The zero-order valence-corrected chi connectivity index (χ0v) is 9.99. The normalized spacial score (nSPS) is 38.4. The Morgan fingerprint density at radius 3 is 2.67 bits per heavy atom. The Bertz CT molecular complexity index is 195. The maximum atomic E-state index is 9.85. The van der Waals surface area contributed by atoms with E-state index in [0.717, 1.165) is 19.0 Å². The number of likely N-dealkylation sites (tertiary alicyclic amines) is 1. The fourth-order valence-electron chi connectivity index (χ4n) is 3.29. The molecule has 0 bridgehead atoms. The Labute approximate surface area is 93.7 Å². The highest BCUT2D eigenvalue weighted by Crippen LogP contribution is 2.29. The first-order valence-electron chi connectivity index (χ1n) is 6.73. The van der Waals surface area contributed by atoms with Crippen LogP contribution < -0.4 is 0 Å². The lowest BCUT2D eigenvalue weighted by molar-refractivity contribution is 0.0685. The molecule has 1 heterocycles. The van der Waals surface area contributed by atoms with Crippen LogP contribution in [-0.2, 0) is 0 Å². The molecule has 2 heteroatoms. The molecular formula is C13H25NO. The van der Waals surface area contributed by atoms with E-state index in [4.69, 9.17) is 0 Å². The van der Waals surface area contributed by atoms with Gasteiger partial charge in [0, 0.05) is 12.6 Å². The molecular weight excluding hydrogens is 186 g/mol. The van der Waals surface area contributed by atoms with Gasteiger partial charge < -0.3 is 10.0 Å². The molecule has 3 unspecified atom stereocenters. The molecule has 2 fully saturated rings. The van der Waals surface area contributed by atoms with Crippen molar-refractivity contribution < 1.29 is 5.11 Å². The largest absolute Gasteiger partial charge is 0.393 e. The highest BCUT2D eigenvalue weighted by Gasteiger charge is 2.30. The maximum absolute atomic E-state index is 9.85. The fourth-order valence-corrected chi connectivity index (χ4v) is 3.29. The Balaban J connectivity index is 1.85. The van der Waals surface area contributed by atoms with Crippen molar-refractivity contribution in [1.29, 1.82) is 0 Å². The van der Waals surface area contributed by atoms with Crippen molar-refractivity contribution in [2.45, 2.75) is 64.0 Å². The second-order valence-corrected chi connectivity index (χ2v) is 5.31. The minimum Gasteiger partial charge on any atom is -0.393 e. The second kappa shape index (κ2) is 5.31. The molecule has 0 spiro atoms. The van der Waals surface area contributed by atoms with Crippen LogP contribution in [0.25, 0.3) is 0 Å². The van der Waals surface area contributed by atoms with Crippen LogP contribution in [0.3, 0.4) is 0 Å². The van der Waals surface area contributed by atoms with Crippen LogP contribution in [0, 0.1) is 5.92 Å². The van der Waals surface area contributed by atoms with E-state index in [-0.39, 0.29) is 6.10 Å². The summed E-state index contributed by atoms with van der Waals surface area (Å²) in [4.78, 5) is 2.64. The second-order valence-electron chi connectivity index (χ2n) is 5.31. The lowest BCUT2D eigenvalue weighted by atomic mass is 9.97. The van der Waals surface area contributed by atoms with Gasteiger partial charge in [-0.15, -0.1) is 0 Å². The molecule has 0 aromatic carbocycles. The lowest BCUT2D eigenvalue weighted by Gasteiger charge is -2.37. The van der Waals surface area contributed by atoms with E-state index >= 15 is 0 Å². The highest BCUT2D eigenvalue weighted by atomic mass is 16.3. The third-order valence-electron chi connectivity index (χ3n) is 4.31. The predicted molar refractivity (Wildman–Crippen MR) is 62.9 cm³/mol. The summed E-state index contributed by atoms with van der Waals surface area (Å²) in [6.45, 7) is 4.72. The van der Waals surface area contributed by atoms with Gasteiger partial charge in [-0.2, -0.15) is 0 Å². The fraction of sp³-hybridized carbons (Fsp3) is 1.00. The van der Waals surface area contributed by atoms with E-state index in [1.54, 1.807) is 0 Å². The molecule has 1 saturated carbocycles. The van der Waals surface area contributed by atoms with Crippen LogP contribution in [0.15, 0.2) is 0 Å². The van der Waals surface area contributed by atoms with Crippen LogP contribution in [0.5, 0.6) is 0 Å². The smallest absolute Gasteiger partial charge is 0.0580 e. The number of rotatable bonds is 3. The molecule has 2 nitrogen and oxygen atoms in total. The molecule has 3 atom stereocenters. The third kappa shape index (κ3) is 2.73. The van der Waals surface area contributed by atoms with Gasteiger partial charge in [-0.3, -0.25) is 0 Å². The summed E-state index contributed by atoms with van der Waals surface area (Å²) < 4.78 is 0. The van der Waals surface area contributed by atoms with Gasteiger partial charge in [0.15, 0.2) is 0 Å². The third-order valence-corrected chi connectivity index (χ3v) is 4.31. The summed E-state index contributed by atoms with van der Waals surface area (Å²) in [7, 11) is 0. The van der Waals surface area contributed by atoms with Crippen molar-refractivity contribution in [2.75, 3.05) is 13.1 Å². The molecule has 1 aliphatic carbocycles. The van der Waals surface area contributed by atoms with Crippen molar-refractivity contribution >= 4 is 0 Å². The Morgan fingerprint density at radius 1 is 1.13 bits per heavy atom. The van der Waals surface area contributed by atoms with Gasteiger partial charge in [0.2, 0.25) is 0 Å². The van der Waals surface area contributed by atoms with Gasteiger partial charge >= 0.3 is 0 Å². The number of nitrogens with zero attached hydrogens (tertiary/aromatic N) is 1. The zero-order valence-electron chi connectivity index (χ0n) is 9.99. The van der Waals surface area contributed by atoms with Crippen molar-refractivity contribution in [1.82, 2.24) is 4.90 Å². The summed E-state index contributed by atoms with van der Waals surface area (Å²) in [5.74, 6) is 0.567. The van der Waals surface area contributed by atoms with E-state index in [2.05, 4.69) is 11.8 Å². The molecule has 88 valence electrons. The summed E-state index contributed by atoms with van der Waals surface area (Å²) in [6, 6.07) is 0.798. The first kappa shape index (κ1) is 11.4. The molecule has 1 aliphatic heterocycles. The number of hydrogen-bond acceptors (Lipinski definition) is 2. The van der Waals surface area contributed by atoms with Gasteiger partial charge in [-0.25, -0.2) is 0 Å². The van der Waals surface area contributed by atoms with Crippen LogP contribution in [0.2, 0.25) is 0 Å². The average molecular weight is 211 g/mol. The quantitative estimate of drug-likeness (QED) is 0.775. The SMILES string of the molecule is CCC1CCCCN1CC1CCCC1O. The standard InChI is InChI=1S/C13H25NO/c1-2-12-7-3-4-9-14(12)10-11-6-5-8-13(11)15/h11-13,15H,2-10H2,1H3. The molecule has 1 saturated heterocycles. The van der Waals surface area contributed by atoms with Crippen molar-refractivity contribution in [3.8, 4) is 0 Å². The van der Waals surface area contributed by atoms with Gasteiger partial charge in [0.25, 0.3) is 0 Å². The Hall–Kier alpha value is -0.0800. The summed E-state index contributed by atoms with van der Waals surface area (Å²) in [6.07, 6.45) is 8.92. The Morgan fingerprint density at radius 2 is 2.00 bits per heavy atom. The molecule has 15 heavy (non-hydrogen) atoms. The number of aliphatic hydroxyl groups excluding tert-OH is 1. The highest BCUT2D eigenvalue weighted by molar-refractivity contribution is 4.83. The monoisotopic (exact) mass is 211 g/mol. The van der Waals surface area contributed by atoms with Crippen molar-refractivity contribution in [3.63, 3.8) is 0 Å². The van der Waals surface area contributed by atoms with Crippen molar-refractivity contribution in [3.05, 3.63) is 0 Å². The van der Waals surface area contributed by atoms with E-state index < -0.39 is 0 Å². The molecule has 2 aliphatic rings. The van der Waals surface area contributed by atoms with Gasteiger partial charge in [-0.1, -0.05) is 19.8 Å². The van der Waals surface area contributed by atoms with Gasteiger partial charge in [0.1, 0.15) is 0 Å². The zero-order chi connectivity index (χ0) is 10.7. The average Bonchev–Trinajstić information content (AvgIpc) is 2.65. The topological polar surface area (TPSA) is 23.5 Å². The van der Waals surface area contributed by atoms with Crippen LogP contribution in [0.4, 0.5) is 0 Å². The van der Waals surface area contributed by atoms with Gasteiger partial charge in [-0.05, 0) is 44.6 Å². The number of aliphatic hydroxyl groups is 1. The molecule has 2 rings (SSSR count). The number of piperidine rings is 1. The summed E-state index contributed by atoms with van der Waals surface area (Å²) >= 11 is 0. The first-order chi connectivity index (χ1) is 7.31.